The van der Waals surface area contributed by atoms with Crippen molar-refractivity contribution in [2.75, 3.05) is 28.3 Å². The minimum Gasteiger partial charge on any atom is -0.356 e. The highest BCUT2D eigenvalue weighted by molar-refractivity contribution is 7.91. The molecule has 0 saturated carbocycles. The van der Waals surface area contributed by atoms with Gasteiger partial charge in [-0.2, -0.15) is 0 Å². The molecule has 0 aromatic heterocycles. The number of rotatable bonds is 0. The van der Waals surface area contributed by atoms with Gasteiger partial charge < -0.3 is 10.2 Å². The van der Waals surface area contributed by atoms with Crippen molar-refractivity contribution in [3.63, 3.8) is 0 Å². The second-order valence-corrected chi connectivity index (χ2v) is 7.01. The molecule has 0 bridgehead atoms. The van der Waals surface area contributed by atoms with E-state index in [2.05, 4.69) is 5.32 Å². The standard InChI is InChI=1S/C12H14N2O3S/c1-8-3-2-4-9-11(8)14-5-6-18(16,17)7-10(14)12(15)13-9/h2-4,10H,5-7H2,1H3,(H,13,15). The molecule has 18 heavy (non-hydrogen) atoms. The van der Waals surface area contributed by atoms with Crippen LogP contribution in [0.3, 0.4) is 0 Å². The summed E-state index contributed by atoms with van der Waals surface area (Å²) in [4.78, 5) is 13.9. The van der Waals surface area contributed by atoms with Gasteiger partial charge in [0, 0.05) is 6.54 Å². The average molecular weight is 266 g/mol. The van der Waals surface area contributed by atoms with Crippen molar-refractivity contribution < 1.29 is 13.2 Å². The summed E-state index contributed by atoms with van der Waals surface area (Å²) in [7, 11) is -3.10. The molecule has 1 saturated heterocycles. The topological polar surface area (TPSA) is 66.5 Å². The third-order valence-electron chi connectivity index (χ3n) is 3.52. The van der Waals surface area contributed by atoms with Gasteiger partial charge in [0.15, 0.2) is 9.84 Å². The highest BCUT2D eigenvalue weighted by atomic mass is 32.2. The van der Waals surface area contributed by atoms with Crippen LogP contribution in [0.1, 0.15) is 5.56 Å². The van der Waals surface area contributed by atoms with Gasteiger partial charge in [-0.25, -0.2) is 8.42 Å². The third kappa shape index (κ3) is 1.68. The molecule has 3 rings (SSSR count). The van der Waals surface area contributed by atoms with E-state index in [1.807, 2.05) is 30.0 Å². The molecule has 1 aromatic carbocycles. The molecule has 2 aliphatic rings. The summed E-state index contributed by atoms with van der Waals surface area (Å²) in [5.41, 5.74) is 2.78. The molecule has 2 aliphatic heterocycles. The van der Waals surface area contributed by atoms with Crippen LogP contribution in [0.15, 0.2) is 18.2 Å². The van der Waals surface area contributed by atoms with E-state index in [-0.39, 0.29) is 17.4 Å². The van der Waals surface area contributed by atoms with E-state index < -0.39 is 15.9 Å². The van der Waals surface area contributed by atoms with E-state index in [0.717, 1.165) is 16.9 Å². The number of benzene rings is 1. The number of carbonyl (C=O) groups is 1. The van der Waals surface area contributed by atoms with Crippen molar-refractivity contribution in [3.8, 4) is 0 Å². The van der Waals surface area contributed by atoms with Crippen molar-refractivity contribution in [1.82, 2.24) is 0 Å². The molecule has 1 amide bonds. The number of nitrogens with one attached hydrogen (secondary N) is 1. The first-order valence-corrected chi connectivity index (χ1v) is 7.68. The highest BCUT2D eigenvalue weighted by Gasteiger charge is 2.40. The number of aryl methyl sites for hydroxylation is 1. The summed E-state index contributed by atoms with van der Waals surface area (Å²) in [6, 6.07) is 5.11. The van der Waals surface area contributed by atoms with E-state index in [1.165, 1.54) is 0 Å². The number of sulfone groups is 1. The van der Waals surface area contributed by atoms with Gasteiger partial charge in [-0.1, -0.05) is 12.1 Å². The molecule has 1 unspecified atom stereocenters. The Balaban J connectivity index is 2.10. The Kier molecular flexibility index (Phi) is 2.38. The smallest absolute Gasteiger partial charge is 0.248 e. The molecule has 0 aliphatic carbocycles. The lowest BCUT2D eigenvalue weighted by Crippen LogP contribution is -2.57. The van der Waals surface area contributed by atoms with Crippen LogP contribution in [0.4, 0.5) is 11.4 Å². The number of para-hydroxylation sites is 1. The van der Waals surface area contributed by atoms with Crippen molar-refractivity contribution in [3.05, 3.63) is 23.8 Å². The maximum atomic E-state index is 12.0. The summed E-state index contributed by atoms with van der Waals surface area (Å²) in [5.74, 6) is -0.201. The molecule has 1 N–H and O–H groups in total. The van der Waals surface area contributed by atoms with Crippen LogP contribution in [0.5, 0.6) is 0 Å². The first kappa shape index (κ1) is 11.5. The molecule has 5 nitrogen and oxygen atoms in total. The van der Waals surface area contributed by atoms with Gasteiger partial charge in [-0.05, 0) is 18.6 Å². The van der Waals surface area contributed by atoms with Crippen molar-refractivity contribution >= 4 is 27.1 Å². The van der Waals surface area contributed by atoms with Gasteiger partial charge in [0.1, 0.15) is 6.04 Å². The minimum absolute atomic E-state index is 0.0907. The van der Waals surface area contributed by atoms with Gasteiger partial charge in [0.05, 0.1) is 22.9 Å². The summed E-state index contributed by atoms with van der Waals surface area (Å²) in [5, 5.41) is 2.79. The number of nitrogens with zero attached hydrogens (tertiary/aromatic N) is 1. The molecule has 1 aromatic rings. The lowest BCUT2D eigenvalue weighted by atomic mass is 10.1. The van der Waals surface area contributed by atoms with Crippen molar-refractivity contribution in [1.29, 1.82) is 0 Å². The fraction of sp³-hybridized carbons (Fsp3) is 0.417. The van der Waals surface area contributed by atoms with Crippen LogP contribution in [-0.4, -0.2) is 38.4 Å². The van der Waals surface area contributed by atoms with Crippen LogP contribution < -0.4 is 10.2 Å². The second kappa shape index (κ2) is 3.71. The zero-order valence-corrected chi connectivity index (χ0v) is 10.8. The summed E-state index contributed by atoms with van der Waals surface area (Å²) < 4.78 is 23.3. The van der Waals surface area contributed by atoms with Gasteiger partial charge in [0.2, 0.25) is 5.91 Å². The van der Waals surface area contributed by atoms with Gasteiger partial charge >= 0.3 is 0 Å². The fourth-order valence-corrected chi connectivity index (χ4v) is 4.10. The van der Waals surface area contributed by atoms with E-state index in [1.54, 1.807) is 0 Å². The van der Waals surface area contributed by atoms with E-state index in [4.69, 9.17) is 0 Å². The van der Waals surface area contributed by atoms with Crippen LogP contribution in [-0.2, 0) is 14.6 Å². The van der Waals surface area contributed by atoms with Crippen molar-refractivity contribution in [2.45, 2.75) is 13.0 Å². The Morgan fingerprint density at radius 2 is 2.17 bits per heavy atom. The second-order valence-electron chi connectivity index (χ2n) is 4.78. The van der Waals surface area contributed by atoms with Crippen molar-refractivity contribution in [2.24, 2.45) is 0 Å². The fourth-order valence-electron chi connectivity index (χ4n) is 2.65. The Labute approximate surface area is 106 Å². The predicted molar refractivity (Wildman–Crippen MR) is 69.6 cm³/mol. The van der Waals surface area contributed by atoms with Gasteiger partial charge in [-0.15, -0.1) is 0 Å². The zero-order chi connectivity index (χ0) is 12.9. The number of hydrogen-bond donors (Lipinski definition) is 1. The van der Waals surface area contributed by atoms with Crippen LogP contribution in [0.25, 0.3) is 0 Å². The van der Waals surface area contributed by atoms with Crippen LogP contribution in [0.2, 0.25) is 0 Å². The Bertz CT molecular complexity index is 624. The number of fused-ring (bicyclic) bond motifs is 3. The Morgan fingerprint density at radius 1 is 1.39 bits per heavy atom. The van der Waals surface area contributed by atoms with Crippen LogP contribution >= 0.6 is 0 Å². The Morgan fingerprint density at radius 3 is 2.94 bits per heavy atom. The first-order chi connectivity index (χ1) is 8.48. The summed E-state index contributed by atoms with van der Waals surface area (Å²) >= 11 is 0. The maximum Gasteiger partial charge on any atom is 0.248 e. The molecule has 0 spiro atoms. The summed E-state index contributed by atoms with van der Waals surface area (Å²) in [6.45, 7) is 2.36. The quantitative estimate of drug-likeness (QED) is 0.744. The molecule has 1 fully saturated rings. The number of carbonyl (C=O) groups excluding carboxylic acids is 1. The number of amides is 1. The SMILES string of the molecule is Cc1cccc2c1N1CCS(=O)(=O)CC1C(=O)N2. The van der Waals surface area contributed by atoms with E-state index in [9.17, 15) is 13.2 Å². The van der Waals surface area contributed by atoms with Gasteiger partial charge in [-0.3, -0.25) is 4.79 Å². The molecular weight excluding hydrogens is 252 g/mol. The molecule has 2 heterocycles. The monoisotopic (exact) mass is 266 g/mol. The average Bonchev–Trinajstić information content (AvgIpc) is 2.29. The van der Waals surface area contributed by atoms with Gasteiger partial charge in [0.25, 0.3) is 0 Å². The molecule has 6 heteroatoms. The lowest BCUT2D eigenvalue weighted by Gasteiger charge is -2.41. The molecule has 0 radical (unpaired) electrons. The molecular formula is C12H14N2O3S. The summed E-state index contributed by atoms with van der Waals surface area (Å²) in [6.07, 6.45) is 0. The van der Waals surface area contributed by atoms with Crippen LogP contribution in [0, 0.1) is 6.92 Å². The largest absolute Gasteiger partial charge is 0.356 e. The maximum absolute atomic E-state index is 12.0. The normalized spacial score (nSPS) is 25.1. The highest BCUT2D eigenvalue weighted by Crippen LogP contribution is 2.36. The number of anilines is 2. The molecule has 96 valence electrons. The Hall–Kier alpha value is -1.56. The zero-order valence-electron chi connectivity index (χ0n) is 10.0. The van der Waals surface area contributed by atoms with E-state index in [0.29, 0.717) is 6.54 Å². The third-order valence-corrected chi connectivity index (χ3v) is 5.14. The first-order valence-electron chi connectivity index (χ1n) is 5.85. The predicted octanol–water partition coefficient (Wildman–Crippen LogP) is 0.551. The lowest BCUT2D eigenvalue weighted by molar-refractivity contribution is -0.117. The minimum atomic E-state index is -3.10. The number of hydrogen-bond acceptors (Lipinski definition) is 4. The van der Waals surface area contributed by atoms with E-state index >= 15 is 0 Å². The molecule has 1 atom stereocenters.